The predicted octanol–water partition coefficient (Wildman–Crippen LogP) is 2.26. The first kappa shape index (κ1) is 16.3. The number of methoxy groups -OCH3 is 1. The first-order valence-corrected chi connectivity index (χ1v) is 7.38. The highest BCUT2D eigenvalue weighted by Crippen LogP contribution is 2.20. The van der Waals surface area contributed by atoms with Gasteiger partial charge in [-0.2, -0.15) is 0 Å². The van der Waals surface area contributed by atoms with E-state index in [0.717, 1.165) is 12.8 Å². The van der Waals surface area contributed by atoms with Crippen molar-refractivity contribution in [3.8, 4) is 11.8 Å². The van der Waals surface area contributed by atoms with Gasteiger partial charge in [0.05, 0.1) is 19.7 Å². The summed E-state index contributed by atoms with van der Waals surface area (Å²) in [7, 11) is 1.54. The number of rotatable bonds is 3. The molecule has 0 bridgehead atoms. The maximum atomic E-state index is 12.1. The van der Waals surface area contributed by atoms with Crippen LogP contribution in [-0.4, -0.2) is 52.9 Å². The molecule has 2 rings (SSSR count). The average molecular weight is 309 g/mol. The lowest BCUT2D eigenvalue weighted by molar-refractivity contribution is 0.00716. The zero-order chi connectivity index (χ0) is 16.2. The van der Waals surface area contributed by atoms with Crippen LogP contribution in [0.4, 0.5) is 4.79 Å². The van der Waals surface area contributed by atoms with Crippen molar-refractivity contribution in [3.05, 3.63) is 12.4 Å². The van der Waals surface area contributed by atoms with Gasteiger partial charge in [-0.25, -0.2) is 14.8 Å². The highest BCUT2D eigenvalue weighted by molar-refractivity contribution is 5.68. The second-order valence-corrected chi connectivity index (χ2v) is 6.21. The lowest BCUT2D eigenvalue weighted by Gasteiger charge is -2.33. The number of carbonyl (C=O) groups is 1. The highest BCUT2D eigenvalue weighted by atomic mass is 16.6. The fourth-order valence-electron chi connectivity index (χ4n) is 2.20. The van der Waals surface area contributed by atoms with Crippen LogP contribution in [0.15, 0.2) is 12.4 Å². The monoisotopic (exact) mass is 309 g/mol. The van der Waals surface area contributed by atoms with Crippen molar-refractivity contribution < 1.29 is 19.0 Å². The van der Waals surface area contributed by atoms with E-state index in [2.05, 4.69) is 9.97 Å². The maximum Gasteiger partial charge on any atom is 0.410 e. The highest BCUT2D eigenvalue weighted by Gasteiger charge is 2.28. The van der Waals surface area contributed by atoms with Crippen LogP contribution in [0.3, 0.4) is 0 Å². The molecule has 1 aliphatic rings. The molecule has 1 aromatic rings. The summed E-state index contributed by atoms with van der Waals surface area (Å²) in [6, 6.07) is 1.63. The Bertz CT molecular complexity index is 516. The molecule has 1 amide bonds. The molecule has 7 heteroatoms. The summed E-state index contributed by atoms with van der Waals surface area (Å²) in [6.07, 6.45) is 2.71. The van der Waals surface area contributed by atoms with Crippen LogP contribution in [0.25, 0.3) is 0 Å². The Balaban J connectivity index is 1.94. The van der Waals surface area contributed by atoms with Crippen molar-refractivity contribution in [2.45, 2.75) is 45.3 Å². The lowest BCUT2D eigenvalue weighted by atomic mass is 10.1. The molecule has 0 saturated carbocycles. The molecule has 1 fully saturated rings. The first-order chi connectivity index (χ1) is 10.4. The minimum atomic E-state index is -0.495. The smallest absolute Gasteiger partial charge is 0.410 e. The van der Waals surface area contributed by atoms with Crippen LogP contribution in [-0.2, 0) is 4.74 Å². The summed E-state index contributed by atoms with van der Waals surface area (Å²) < 4.78 is 16.3. The standard InChI is InChI=1S/C15H23N3O4/c1-15(2,3)22-14(19)18-7-5-6-11(9-18)21-13-8-12(20-4)16-10-17-13/h8,10-11H,5-7,9H2,1-4H3/t11-/m0/s1. The largest absolute Gasteiger partial charge is 0.481 e. The zero-order valence-electron chi connectivity index (χ0n) is 13.5. The molecule has 0 radical (unpaired) electrons. The van der Waals surface area contributed by atoms with Crippen molar-refractivity contribution in [3.63, 3.8) is 0 Å². The molecule has 0 spiro atoms. The number of amides is 1. The van der Waals surface area contributed by atoms with Crippen LogP contribution in [0, 0.1) is 0 Å². The molecule has 7 nitrogen and oxygen atoms in total. The van der Waals surface area contributed by atoms with Crippen LogP contribution < -0.4 is 9.47 Å². The summed E-state index contributed by atoms with van der Waals surface area (Å²) in [4.78, 5) is 21.8. The summed E-state index contributed by atoms with van der Waals surface area (Å²) in [6.45, 7) is 6.74. The van der Waals surface area contributed by atoms with Crippen molar-refractivity contribution in [1.82, 2.24) is 14.9 Å². The Hall–Kier alpha value is -2.05. The molecule has 1 aliphatic heterocycles. The second-order valence-electron chi connectivity index (χ2n) is 6.21. The van der Waals surface area contributed by atoms with E-state index >= 15 is 0 Å². The normalized spacial score (nSPS) is 18.7. The molecule has 0 aliphatic carbocycles. The van der Waals surface area contributed by atoms with Gasteiger partial charge in [0.1, 0.15) is 18.0 Å². The number of hydrogen-bond donors (Lipinski definition) is 0. The molecule has 1 atom stereocenters. The Morgan fingerprint density at radius 3 is 2.73 bits per heavy atom. The summed E-state index contributed by atoms with van der Waals surface area (Å²) >= 11 is 0. The van der Waals surface area contributed by atoms with Gasteiger partial charge >= 0.3 is 6.09 Å². The zero-order valence-corrected chi connectivity index (χ0v) is 13.5. The van der Waals surface area contributed by atoms with E-state index < -0.39 is 5.60 Å². The van der Waals surface area contributed by atoms with Gasteiger partial charge in [0.2, 0.25) is 11.8 Å². The Morgan fingerprint density at radius 2 is 2.05 bits per heavy atom. The number of hydrogen-bond acceptors (Lipinski definition) is 6. The number of likely N-dealkylation sites (tertiary alicyclic amines) is 1. The second kappa shape index (κ2) is 6.81. The molecular formula is C15H23N3O4. The van der Waals surface area contributed by atoms with Crippen LogP contribution in [0.1, 0.15) is 33.6 Å². The number of nitrogens with zero attached hydrogens (tertiary/aromatic N) is 3. The van der Waals surface area contributed by atoms with Crippen LogP contribution in [0.2, 0.25) is 0 Å². The van der Waals surface area contributed by atoms with E-state index in [4.69, 9.17) is 14.2 Å². The number of carbonyl (C=O) groups excluding carboxylic acids is 1. The third-order valence-electron chi connectivity index (χ3n) is 3.14. The van der Waals surface area contributed by atoms with E-state index in [1.54, 1.807) is 11.0 Å². The van der Waals surface area contributed by atoms with Gasteiger partial charge in [0, 0.05) is 6.54 Å². The summed E-state index contributed by atoms with van der Waals surface area (Å²) in [5.41, 5.74) is -0.495. The molecule has 1 saturated heterocycles. The van der Waals surface area contributed by atoms with Crippen LogP contribution >= 0.6 is 0 Å². The van der Waals surface area contributed by atoms with E-state index in [1.165, 1.54) is 13.4 Å². The van der Waals surface area contributed by atoms with E-state index in [-0.39, 0.29) is 12.2 Å². The van der Waals surface area contributed by atoms with Gasteiger partial charge in [-0.15, -0.1) is 0 Å². The summed E-state index contributed by atoms with van der Waals surface area (Å²) in [5, 5.41) is 0. The van der Waals surface area contributed by atoms with Crippen molar-refractivity contribution in [2.24, 2.45) is 0 Å². The van der Waals surface area contributed by atoms with Gasteiger partial charge in [-0.1, -0.05) is 0 Å². The van der Waals surface area contributed by atoms with E-state index in [9.17, 15) is 4.79 Å². The predicted molar refractivity (Wildman–Crippen MR) is 80.0 cm³/mol. The van der Waals surface area contributed by atoms with Gasteiger partial charge in [0.25, 0.3) is 0 Å². The van der Waals surface area contributed by atoms with Gasteiger partial charge in [-0.3, -0.25) is 0 Å². The maximum absolute atomic E-state index is 12.1. The minimum absolute atomic E-state index is 0.110. The third kappa shape index (κ3) is 4.75. The van der Waals surface area contributed by atoms with Gasteiger partial charge < -0.3 is 19.1 Å². The fourth-order valence-corrected chi connectivity index (χ4v) is 2.20. The number of aromatic nitrogens is 2. The topological polar surface area (TPSA) is 73.8 Å². The third-order valence-corrected chi connectivity index (χ3v) is 3.14. The van der Waals surface area contributed by atoms with Gasteiger partial charge in [-0.05, 0) is 33.6 Å². The molecule has 0 N–H and O–H groups in total. The molecule has 0 unspecified atom stereocenters. The Kier molecular flexibility index (Phi) is 5.05. The van der Waals surface area contributed by atoms with Crippen molar-refractivity contribution in [2.75, 3.05) is 20.2 Å². The number of ether oxygens (including phenoxy) is 3. The quantitative estimate of drug-likeness (QED) is 0.852. The number of piperidine rings is 1. The SMILES string of the molecule is COc1cc(O[C@H]2CCCN(C(=O)OC(C)(C)C)C2)ncn1. The average Bonchev–Trinajstić information content (AvgIpc) is 2.46. The Morgan fingerprint density at radius 1 is 1.32 bits per heavy atom. The molecule has 22 heavy (non-hydrogen) atoms. The van der Waals surface area contributed by atoms with Gasteiger partial charge in [0.15, 0.2) is 0 Å². The van der Waals surface area contributed by atoms with E-state index in [1.807, 2.05) is 20.8 Å². The van der Waals surface area contributed by atoms with Crippen molar-refractivity contribution in [1.29, 1.82) is 0 Å². The summed E-state index contributed by atoms with van der Waals surface area (Å²) in [5.74, 6) is 0.896. The Labute approximate surface area is 130 Å². The molecule has 0 aromatic carbocycles. The first-order valence-electron chi connectivity index (χ1n) is 7.38. The van der Waals surface area contributed by atoms with E-state index in [0.29, 0.717) is 24.8 Å². The van der Waals surface area contributed by atoms with Crippen molar-refractivity contribution >= 4 is 6.09 Å². The van der Waals surface area contributed by atoms with Crippen LogP contribution in [0.5, 0.6) is 11.8 Å². The molecule has 2 heterocycles. The lowest BCUT2D eigenvalue weighted by Crippen LogP contribution is -2.46. The fraction of sp³-hybridized carbons (Fsp3) is 0.667. The molecule has 122 valence electrons. The molecular weight excluding hydrogens is 286 g/mol. The molecule has 1 aromatic heterocycles. The minimum Gasteiger partial charge on any atom is -0.481 e.